The number of amides is 1. The van der Waals surface area contributed by atoms with E-state index in [-0.39, 0.29) is 30.4 Å². The Labute approximate surface area is 223 Å². The summed E-state index contributed by atoms with van der Waals surface area (Å²) in [6.45, 7) is 6.80. The predicted octanol–water partition coefficient (Wildman–Crippen LogP) is 6.13. The first-order valence-corrected chi connectivity index (χ1v) is 14.5. The van der Waals surface area contributed by atoms with E-state index in [4.69, 9.17) is 23.2 Å². The van der Waals surface area contributed by atoms with Crippen molar-refractivity contribution in [3.8, 4) is 0 Å². The monoisotopic (exact) mass is 553 g/mol. The Balaban J connectivity index is 2.16. The topological polar surface area (TPSA) is 91.8 Å². The molecule has 36 heavy (non-hydrogen) atoms. The maximum Gasteiger partial charge on any atom is 0.304 e. The second-order valence-electron chi connectivity index (χ2n) is 10.3. The molecule has 1 aliphatic rings. The average molecular weight is 555 g/mol. The molecule has 0 aromatic heterocycles. The Bertz CT molecular complexity index is 1210. The molecule has 1 heterocycles. The minimum Gasteiger partial charge on any atom is -0.481 e. The van der Waals surface area contributed by atoms with Crippen LogP contribution in [0.1, 0.15) is 70.0 Å². The number of aliphatic carboxylic acids is 1. The summed E-state index contributed by atoms with van der Waals surface area (Å²) in [5.41, 5.74) is 0.555. The van der Waals surface area contributed by atoms with Crippen LogP contribution in [0.3, 0.4) is 0 Å². The molecular weight excluding hydrogens is 521 g/mol. The molecule has 0 unspecified atom stereocenters. The lowest BCUT2D eigenvalue weighted by atomic mass is 9.67. The Morgan fingerprint density at radius 3 is 2.28 bits per heavy atom. The van der Waals surface area contributed by atoms with Crippen molar-refractivity contribution >= 4 is 44.9 Å². The number of likely N-dealkylation sites (tertiary alicyclic amines) is 1. The average Bonchev–Trinajstić information content (AvgIpc) is 2.79. The number of carboxylic acids is 1. The van der Waals surface area contributed by atoms with Crippen molar-refractivity contribution in [3.05, 3.63) is 69.7 Å². The van der Waals surface area contributed by atoms with Gasteiger partial charge in [0.2, 0.25) is 5.91 Å². The second kappa shape index (κ2) is 11.1. The maximum absolute atomic E-state index is 14.0. The molecule has 196 valence electrons. The molecule has 1 amide bonds. The van der Waals surface area contributed by atoms with Gasteiger partial charge in [-0.3, -0.25) is 9.59 Å². The molecule has 6 nitrogen and oxygen atoms in total. The van der Waals surface area contributed by atoms with Gasteiger partial charge in [0.15, 0.2) is 9.84 Å². The van der Waals surface area contributed by atoms with Gasteiger partial charge in [0.1, 0.15) is 0 Å². The van der Waals surface area contributed by atoms with E-state index in [0.29, 0.717) is 16.5 Å². The lowest BCUT2D eigenvalue weighted by Crippen LogP contribution is -2.55. The molecule has 1 aliphatic heterocycles. The highest BCUT2D eigenvalue weighted by Crippen LogP contribution is 2.52. The number of carbonyl (C=O) groups excluding carboxylic acids is 1. The molecule has 0 spiro atoms. The van der Waals surface area contributed by atoms with Crippen molar-refractivity contribution in [3.63, 3.8) is 0 Å². The van der Waals surface area contributed by atoms with E-state index < -0.39 is 38.6 Å². The zero-order chi connectivity index (χ0) is 26.8. The van der Waals surface area contributed by atoms with Gasteiger partial charge in [-0.1, -0.05) is 54.4 Å². The maximum atomic E-state index is 14.0. The fraction of sp³-hybridized carbons (Fsp3) is 0.481. The summed E-state index contributed by atoms with van der Waals surface area (Å²) in [5.74, 6) is -1.69. The number of sulfone groups is 1. The zero-order valence-corrected chi connectivity index (χ0v) is 23.3. The molecule has 1 N–H and O–H groups in total. The van der Waals surface area contributed by atoms with Crippen molar-refractivity contribution in [2.24, 2.45) is 5.41 Å². The van der Waals surface area contributed by atoms with Crippen LogP contribution in [0.25, 0.3) is 0 Å². The Morgan fingerprint density at radius 2 is 1.72 bits per heavy atom. The van der Waals surface area contributed by atoms with Crippen LogP contribution in [0.15, 0.2) is 48.5 Å². The van der Waals surface area contributed by atoms with Crippen molar-refractivity contribution in [2.75, 3.05) is 5.75 Å². The molecule has 2 aromatic carbocycles. The van der Waals surface area contributed by atoms with Crippen LogP contribution in [0.4, 0.5) is 0 Å². The van der Waals surface area contributed by atoms with Gasteiger partial charge in [-0.05, 0) is 69.0 Å². The fourth-order valence-electron chi connectivity index (χ4n) is 5.07. The SMILES string of the molecule is CC(C)S(=O)(=O)CC[C@H](C)N1C(=O)[C@@](C)(CC(=O)O)C[C@H](c2cccc(Cl)c2)[C@H]1c1ccc(Cl)cc1. The lowest BCUT2D eigenvalue weighted by molar-refractivity contribution is -0.160. The number of hydrogen-bond donors (Lipinski definition) is 1. The number of carbonyl (C=O) groups is 2. The van der Waals surface area contributed by atoms with Gasteiger partial charge in [0, 0.05) is 22.0 Å². The lowest BCUT2D eigenvalue weighted by Gasteiger charge is -2.51. The molecule has 1 fully saturated rings. The minimum atomic E-state index is -3.32. The Kier molecular flexibility index (Phi) is 8.79. The first-order chi connectivity index (χ1) is 16.7. The quantitative estimate of drug-likeness (QED) is 0.403. The number of benzene rings is 2. The van der Waals surface area contributed by atoms with E-state index in [1.165, 1.54) is 0 Å². The number of rotatable bonds is 9. The van der Waals surface area contributed by atoms with Crippen molar-refractivity contribution < 1.29 is 23.1 Å². The molecule has 0 radical (unpaired) electrons. The molecule has 1 saturated heterocycles. The molecule has 9 heteroatoms. The predicted molar refractivity (Wildman–Crippen MR) is 143 cm³/mol. The molecule has 2 aromatic rings. The van der Waals surface area contributed by atoms with Crippen LogP contribution >= 0.6 is 23.2 Å². The first-order valence-electron chi connectivity index (χ1n) is 12.0. The van der Waals surface area contributed by atoms with E-state index in [1.807, 2.05) is 37.3 Å². The van der Waals surface area contributed by atoms with Crippen molar-refractivity contribution in [1.82, 2.24) is 4.90 Å². The summed E-state index contributed by atoms with van der Waals surface area (Å²) in [4.78, 5) is 27.6. The fourth-order valence-corrected chi connectivity index (χ4v) is 6.54. The molecule has 0 bridgehead atoms. The number of piperidine rings is 1. The summed E-state index contributed by atoms with van der Waals surface area (Å²) in [5, 5.41) is 10.2. The van der Waals surface area contributed by atoms with E-state index in [9.17, 15) is 23.1 Å². The number of hydrogen-bond acceptors (Lipinski definition) is 4. The third-order valence-electron chi connectivity index (χ3n) is 7.15. The third kappa shape index (κ3) is 6.24. The van der Waals surface area contributed by atoms with Crippen molar-refractivity contribution in [2.45, 2.75) is 70.2 Å². The van der Waals surface area contributed by atoms with Gasteiger partial charge >= 0.3 is 5.97 Å². The van der Waals surface area contributed by atoms with Gasteiger partial charge in [-0.25, -0.2) is 8.42 Å². The highest BCUT2D eigenvalue weighted by molar-refractivity contribution is 7.91. The summed E-state index contributed by atoms with van der Waals surface area (Å²) < 4.78 is 25.1. The van der Waals surface area contributed by atoms with E-state index >= 15 is 0 Å². The molecule has 0 saturated carbocycles. The molecule has 0 aliphatic carbocycles. The van der Waals surface area contributed by atoms with Crippen LogP contribution in [-0.4, -0.2) is 47.3 Å². The van der Waals surface area contributed by atoms with Crippen LogP contribution < -0.4 is 0 Å². The Hall–Kier alpha value is -2.09. The highest BCUT2D eigenvalue weighted by Gasteiger charge is 2.51. The third-order valence-corrected chi connectivity index (χ3v) is 9.87. The van der Waals surface area contributed by atoms with E-state index in [1.54, 1.807) is 43.9 Å². The standard InChI is InChI=1S/C27H33Cl2NO5S/c1-17(2)36(34,35)13-12-18(3)30-25(19-8-10-21(28)11-9-19)23(20-6-5-7-22(29)14-20)15-27(4,26(30)33)16-24(31)32/h5-11,14,17-18,23,25H,12-13,15-16H2,1-4H3,(H,31,32)/t18-,23+,25+,27+/m0/s1. The summed E-state index contributed by atoms with van der Waals surface area (Å²) >= 11 is 12.5. The summed E-state index contributed by atoms with van der Waals surface area (Å²) in [7, 11) is -3.32. The van der Waals surface area contributed by atoms with E-state index in [2.05, 4.69) is 0 Å². The van der Waals surface area contributed by atoms with Gasteiger partial charge in [0.05, 0.1) is 28.9 Å². The van der Waals surface area contributed by atoms with Crippen LogP contribution in [-0.2, 0) is 19.4 Å². The smallest absolute Gasteiger partial charge is 0.304 e. The zero-order valence-electron chi connectivity index (χ0n) is 20.9. The first kappa shape index (κ1) is 28.5. The summed E-state index contributed by atoms with van der Waals surface area (Å²) in [6.07, 6.45) is 0.213. The second-order valence-corrected chi connectivity index (χ2v) is 13.8. The van der Waals surface area contributed by atoms with Crippen LogP contribution in [0, 0.1) is 5.41 Å². The van der Waals surface area contributed by atoms with Gasteiger partial charge in [-0.2, -0.15) is 0 Å². The number of nitrogens with zero attached hydrogens (tertiary/aromatic N) is 1. The minimum absolute atomic E-state index is 0.0690. The van der Waals surface area contributed by atoms with Crippen molar-refractivity contribution in [1.29, 1.82) is 0 Å². The number of carboxylic acid groups (broad SMARTS) is 1. The van der Waals surface area contributed by atoms with Gasteiger partial charge in [0.25, 0.3) is 0 Å². The van der Waals surface area contributed by atoms with Gasteiger partial charge < -0.3 is 10.0 Å². The van der Waals surface area contributed by atoms with Crippen LogP contribution in [0.2, 0.25) is 10.0 Å². The number of halogens is 2. The highest BCUT2D eigenvalue weighted by atomic mass is 35.5. The van der Waals surface area contributed by atoms with Gasteiger partial charge in [-0.15, -0.1) is 0 Å². The van der Waals surface area contributed by atoms with Crippen LogP contribution in [0.5, 0.6) is 0 Å². The summed E-state index contributed by atoms with van der Waals surface area (Å²) in [6, 6.07) is 13.7. The molecule has 4 atom stereocenters. The molecule has 3 rings (SSSR count). The normalized spacial score (nSPS) is 23.6. The van der Waals surface area contributed by atoms with E-state index in [0.717, 1.165) is 11.1 Å². The largest absolute Gasteiger partial charge is 0.481 e. The Morgan fingerprint density at radius 1 is 1.08 bits per heavy atom. The molecular formula is C27H33Cl2NO5S.